The minimum Gasteiger partial charge on any atom is -0.352 e. The number of aryl methyl sites for hydroxylation is 1. The predicted octanol–water partition coefficient (Wildman–Crippen LogP) is 3.05. The first-order valence-corrected chi connectivity index (χ1v) is 9.89. The molecule has 4 rings (SSSR count). The summed E-state index contributed by atoms with van der Waals surface area (Å²) in [7, 11) is 0. The summed E-state index contributed by atoms with van der Waals surface area (Å²) in [4.78, 5) is 26.5. The van der Waals surface area contributed by atoms with Gasteiger partial charge >= 0.3 is 0 Å². The molecule has 1 aliphatic rings. The molecule has 3 aromatic rings. The van der Waals surface area contributed by atoms with Crippen LogP contribution < -0.4 is 10.2 Å². The summed E-state index contributed by atoms with van der Waals surface area (Å²) in [5.74, 6) is -1.39. The van der Waals surface area contributed by atoms with Crippen LogP contribution in [0.15, 0.2) is 60.9 Å². The van der Waals surface area contributed by atoms with Gasteiger partial charge in [-0.2, -0.15) is 5.10 Å². The highest BCUT2D eigenvalue weighted by atomic mass is 19.1. The van der Waals surface area contributed by atoms with Crippen molar-refractivity contribution in [1.29, 1.82) is 0 Å². The fourth-order valence-corrected chi connectivity index (χ4v) is 3.73. The number of nitrogens with one attached hydrogen (secondary N) is 1. The molecule has 1 aromatic heterocycles. The molecular formula is C23H23FN4O2. The summed E-state index contributed by atoms with van der Waals surface area (Å²) in [6, 6.07) is 14.5. The first-order valence-electron chi connectivity index (χ1n) is 9.89. The Bertz CT molecular complexity index is 1060. The van der Waals surface area contributed by atoms with Gasteiger partial charge in [0.15, 0.2) is 0 Å². The zero-order valence-electron chi connectivity index (χ0n) is 16.7. The van der Waals surface area contributed by atoms with Crippen molar-refractivity contribution in [3.8, 4) is 0 Å². The zero-order chi connectivity index (χ0) is 21.1. The van der Waals surface area contributed by atoms with Crippen LogP contribution in [0.2, 0.25) is 0 Å². The molecule has 1 N–H and O–H groups in total. The van der Waals surface area contributed by atoms with Crippen molar-refractivity contribution < 1.29 is 14.0 Å². The van der Waals surface area contributed by atoms with E-state index in [2.05, 4.69) is 10.4 Å². The van der Waals surface area contributed by atoms with Crippen molar-refractivity contribution >= 4 is 17.5 Å². The van der Waals surface area contributed by atoms with Crippen LogP contribution in [0.4, 0.5) is 10.1 Å². The minimum absolute atomic E-state index is 0.0775. The van der Waals surface area contributed by atoms with Gasteiger partial charge in [0.1, 0.15) is 5.82 Å². The summed E-state index contributed by atoms with van der Waals surface area (Å²) >= 11 is 0. The van der Waals surface area contributed by atoms with E-state index >= 15 is 0 Å². The number of hydrogen-bond acceptors (Lipinski definition) is 3. The molecule has 1 aliphatic heterocycles. The smallest absolute Gasteiger partial charge is 0.227 e. The summed E-state index contributed by atoms with van der Waals surface area (Å²) < 4.78 is 16.1. The topological polar surface area (TPSA) is 67.2 Å². The monoisotopic (exact) mass is 406 g/mol. The highest BCUT2D eigenvalue weighted by molar-refractivity contribution is 6.00. The number of rotatable bonds is 6. The Morgan fingerprint density at radius 2 is 2.00 bits per heavy atom. The van der Waals surface area contributed by atoms with E-state index in [-0.39, 0.29) is 30.5 Å². The van der Waals surface area contributed by atoms with E-state index in [0.29, 0.717) is 13.1 Å². The third-order valence-corrected chi connectivity index (χ3v) is 5.35. The highest BCUT2D eigenvalue weighted by Gasteiger charge is 2.36. The van der Waals surface area contributed by atoms with Gasteiger partial charge in [0.25, 0.3) is 0 Å². The quantitative estimate of drug-likeness (QED) is 0.684. The van der Waals surface area contributed by atoms with Crippen molar-refractivity contribution in [2.24, 2.45) is 5.92 Å². The van der Waals surface area contributed by atoms with E-state index in [4.69, 9.17) is 0 Å². The maximum atomic E-state index is 14.3. The number of aromatic nitrogens is 2. The van der Waals surface area contributed by atoms with Gasteiger partial charge in [-0.05, 0) is 41.8 Å². The van der Waals surface area contributed by atoms with E-state index < -0.39 is 11.7 Å². The number of carbonyl (C=O) groups is 2. The summed E-state index contributed by atoms with van der Waals surface area (Å²) in [6.45, 7) is 2.94. The molecule has 30 heavy (non-hydrogen) atoms. The van der Waals surface area contributed by atoms with Crippen molar-refractivity contribution in [3.63, 3.8) is 0 Å². The number of carbonyl (C=O) groups excluding carboxylic acids is 2. The van der Waals surface area contributed by atoms with Crippen molar-refractivity contribution in [2.75, 3.05) is 11.4 Å². The molecule has 0 radical (unpaired) electrons. The van der Waals surface area contributed by atoms with Gasteiger partial charge < -0.3 is 10.2 Å². The molecule has 154 valence electrons. The van der Waals surface area contributed by atoms with Crippen molar-refractivity contribution in [3.05, 3.63) is 83.4 Å². The summed E-state index contributed by atoms with van der Waals surface area (Å²) in [5, 5.41) is 7.16. The lowest BCUT2D eigenvalue weighted by molar-refractivity contribution is -0.126. The van der Waals surface area contributed by atoms with Gasteiger partial charge in [-0.25, -0.2) is 4.39 Å². The maximum absolute atomic E-state index is 14.3. The largest absolute Gasteiger partial charge is 0.352 e. The number of nitrogens with zero attached hydrogens (tertiary/aromatic N) is 3. The fraction of sp³-hybridized carbons (Fsp3) is 0.261. The van der Waals surface area contributed by atoms with Crippen LogP contribution in [-0.2, 0) is 22.7 Å². The lowest BCUT2D eigenvalue weighted by Crippen LogP contribution is -2.33. The second-order valence-corrected chi connectivity index (χ2v) is 7.55. The van der Waals surface area contributed by atoms with E-state index in [0.717, 1.165) is 16.7 Å². The van der Waals surface area contributed by atoms with Gasteiger partial charge in [0, 0.05) is 31.9 Å². The Balaban J connectivity index is 1.40. The molecule has 0 aliphatic carbocycles. The molecule has 0 spiro atoms. The van der Waals surface area contributed by atoms with Gasteiger partial charge in [-0.15, -0.1) is 0 Å². The van der Waals surface area contributed by atoms with Crippen molar-refractivity contribution in [2.45, 2.75) is 26.4 Å². The molecule has 2 aromatic carbocycles. The third kappa shape index (κ3) is 4.25. The molecule has 7 heteroatoms. The van der Waals surface area contributed by atoms with Crippen LogP contribution in [0.25, 0.3) is 0 Å². The molecule has 0 saturated carbocycles. The van der Waals surface area contributed by atoms with Crippen molar-refractivity contribution in [1.82, 2.24) is 15.1 Å². The molecule has 0 bridgehead atoms. The van der Waals surface area contributed by atoms with E-state index in [1.807, 2.05) is 41.2 Å². The average molecular weight is 406 g/mol. The number of anilines is 1. The first-order chi connectivity index (χ1) is 14.5. The lowest BCUT2D eigenvalue weighted by Gasteiger charge is -2.18. The standard InChI is InChI=1S/C23H23FN4O2/c1-16-7-8-21(20(24)11-16)28-15-19(12-22(28)29)23(30)25-13-17-5-2-3-6-18(17)14-27-10-4-9-26-27/h2-11,19H,12-15H2,1H3,(H,25,30). The predicted molar refractivity (Wildman–Crippen MR) is 111 cm³/mol. The van der Waals surface area contributed by atoms with Crippen LogP contribution in [0.5, 0.6) is 0 Å². The van der Waals surface area contributed by atoms with E-state index in [1.54, 1.807) is 25.3 Å². The maximum Gasteiger partial charge on any atom is 0.227 e. The Morgan fingerprint density at radius 3 is 2.73 bits per heavy atom. The zero-order valence-corrected chi connectivity index (χ0v) is 16.7. The fourth-order valence-electron chi connectivity index (χ4n) is 3.73. The lowest BCUT2D eigenvalue weighted by atomic mass is 10.1. The van der Waals surface area contributed by atoms with Crippen LogP contribution in [0, 0.1) is 18.7 Å². The Labute approximate surface area is 174 Å². The number of amides is 2. The van der Waals surface area contributed by atoms with Gasteiger partial charge in [0.05, 0.1) is 18.2 Å². The second kappa shape index (κ2) is 8.49. The molecule has 1 fully saturated rings. The van der Waals surface area contributed by atoms with Crippen LogP contribution >= 0.6 is 0 Å². The molecular weight excluding hydrogens is 383 g/mol. The molecule has 6 nitrogen and oxygen atoms in total. The molecule has 1 unspecified atom stereocenters. The van der Waals surface area contributed by atoms with Gasteiger partial charge in [-0.3, -0.25) is 14.3 Å². The minimum atomic E-state index is -0.503. The highest BCUT2D eigenvalue weighted by Crippen LogP contribution is 2.28. The first kappa shape index (κ1) is 19.8. The molecule has 2 heterocycles. The van der Waals surface area contributed by atoms with E-state index in [1.165, 1.54) is 11.0 Å². The Hall–Kier alpha value is -3.48. The van der Waals surface area contributed by atoms with Crippen LogP contribution in [0.3, 0.4) is 0 Å². The number of benzene rings is 2. The molecule has 1 saturated heterocycles. The molecule has 1 atom stereocenters. The van der Waals surface area contributed by atoms with Gasteiger partial charge in [0.2, 0.25) is 11.8 Å². The Kier molecular flexibility index (Phi) is 5.61. The third-order valence-electron chi connectivity index (χ3n) is 5.35. The normalized spacial score (nSPS) is 16.1. The Morgan fingerprint density at radius 1 is 1.20 bits per heavy atom. The summed E-state index contributed by atoms with van der Waals surface area (Å²) in [5.41, 5.74) is 3.07. The van der Waals surface area contributed by atoms with Gasteiger partial charge in [-0.1, -0.05) is 30.3 Å². The second-order valence-electron chi connectivity index (χ2n) is 7.55. The SMILES string of the molecule is Cc1ccc(N2CC(C(=O)NCc3ccccc3Cn3cccn3)CC2=O)c(F)c1. The summed E-state index contributed by atoms with van der Waals surface area (Å²) in [6.07, 6.45) is 3.69. The average Bonchev–Trinajstić information content (AvgIpc) is 3.37. The number of hydrogen-bond donors (Lipinski definition) is 1. The van der Waals surface area contributed by atoms with Crippen LogP contribution in [-0.4, -0.2) is 28.1 Å². The van der Waals surface area contributed by atoms with Crippen LogP contribution in [0.1, 0.15) is 23.1 Å². The molecule has 2 amide bonds. The van der Waals surface area contributed by atoms with E-state index in [9.17, 15) is 14.0 Å². The number of halogens is 1.